The van der Waals surface area contributed by atoms with Gasteiger partial charge in [-0.1, -0.05) is 37.6 Å². The van der Waals surface area contributed by atoms with E-state index in [-0.39, 0.29) is 24.4 Å². The Morgan fingerprint density at radius 2 is 2.12 bits per heavy atom. The first kappa shape index (κ1) is 16.5. The SMILES string of the molecule is CCC[C@H](C)NC(=O)CN1C(=O)N[C@@]2(CCc3ccccc32)C1=O. The standard InChI is InChI=1S/C18H23N3O3/c1-3-6-12(2)19-15(22)11-21-16(23)18(20-17(21)24)10-9-13-7-4-5-8-14(13)18/h4-5,7-8,12H,3,6,9-11H2,1-2H3,(H,19,22)(H,20,24)/t12-,18+/m0/s1. The Bertz CT molecular complexity index is 688. The summed E-state index contributed by atoms with van der Waals surface area (Å²) in [5.41, 5.74) is 0.933. The molecule has 6 heteroatoms. The molecule has 1 aromatic rings. The first-order valence-corrected chi connectivity index (χ1v) is 8.50. The predicted molar refractivity (Wildman–Crippen MR) is 89.2 cm³/mol. The highest BCUT2D eigenvalue weighted by Gasteiger charge is 2.55. The number of carbonyl (C=O) groups excluding carboxylic acids is 3. The van der Waals surface area contributed by atoms with Crippen LogP contribution in [0.15, 0.2) is 24.3 Å². The fourth-order valence-corrected chi connectivity index (χ4v) is 3.70. The Kier molecular flexibility index (Phi) is 4.30. The molecule has 1 spiro atoms. The molecule has 2 atom stereocenters. The molecule has 0 aromatic heterocycles. The second kappa shape index (κ2) is 6.26. The van der Waals surface area contributed by atoms with Gasteiger partial charge in [-0.3, -0.25) is 14.5 Å². The van der Waals surface area contributed by atoms with E-state index in [4.69, 9.17) is 0 Å². The maximum absolute atomic E-state index is 12.9. The van der Waals surface area contributed by atoms with Gasteiger partial charge in [-0.2, -0.15) is 0 Å². The summed E-state index contributed by atoms with van der Waals surface area (Å²) >= 11 is 0. The molecule has 6 nitrogen and oxygen atoms in total. The van der Waals surface area contributed by atoms with Crippen LogP contribution in [0.2, 0.25) is 0 Å². The monoisotopic (exact) mass is 329 g/mol. The van der Waals surface area contributed by atoms with Gasteiger partial charge in [-0.25, -0.2) is 4.79 Å². The van der Waals surface area contributed by atoms with E-state index in [1.807, 2.05) is 38.1 Å². The first-order valence-electron chi connectivity index (χ1n) is 8.50. The van der Waals surface area contributed by atoms with Crippen molar-refractivity contribution in [2.75, 3.05) is 6.54 Å². The molecule has 3 rings (SSSR count). The van der Waals surface area contributed by atoms with Gasteiger partial charge in [0.2, 0.25) is 5.91 Å². The number of imide groups is 1. The summed E-state index contributed by atoms with van der Waals surface area (Å²) in [6.45, 7) is 3.73. The van der Waals surface area contributed by atoms with Crippen molar-refractivity contribution in [1.82, 2.24) is 15.5 Å². The first-order chi connectivity index (χ1) is 11.5. The number of rotatable bonds is 5. The van der Waals surface area contributed by atoms with Gasteiger partial charge in [-0.15, -0.1) is 0 Å². The number of urea groups is 1. The zero-order chi connectivity index (χ0) is 17.3. The summed E-state index contributed by atoms with van der Waals surface area (Å²) in [4.78, 5) is 38.4. The molecule has 128 valence electrons. The number of hydrogen-bond donors (Lipinski definition) is 2. The van der Waals surface area contributed by atoms with E-state index in [1.54, 1.807) is 0 Å². The average molecular weight is 329 g/mol. The van der Waals surface area contributed by atoms with Crippen molar-refractivity contribution in [1.29, 1.82) is 0 Å². The fourth-order valence-electron chi connectivity index (χ4n) is 3.70. The maximum atomic E-state index is 12.9. The minimum Gasteiger partial charge on any atom is -0.352 e. The molecule has 24 heavy (non-hydrogen) atoms. The van der Waals surface area contributed by atoms with Crippen LogP contribution in [0.3, 0.4) is 0 Å². The van der Waals surface area contributed by atoms with Crippen molar-refractivity contribution >= 4 is 17.8 Å². The van der Waals surface area contributed by atoms with Gasteiger partial charge in [0.15, 0.2) is 0 Å². The zero-order valence-corrected chi connectivity index (χ0v) is 14.1. The van der Waals surface area contributed by atoms with Gasteiger partial charge < -0.3 is 10.6 Å². The van der Waals surface area contributed by atoms with Gasteiger partial charge in [0.1, 0.15) is 12.1 Å². The van der Waals surface area contributed by atoms with Gasteiger partial charge in [-0.05, 0) is 37.3 Å². The number of aryl methyl sites for hydroxylation is 1. The summed E-state index contributed by atoms with van der Waals surface area (Å²) in [6, 6.07) is 7.20. The predicted octanol–water partition coefficient (Wildman–Crippen LogP) is 1.68. The number of carbonyl (C=O) groups is 3. The highest BCUT2D eigenvalue weighted by molar-refractivity contribution is 6.09. The van der Waals surface area contributed by atoms with Crippen molar-refractivity contribution in [3.05, 3.63) is 35.4 Å². The van der Waals surface area contributed by atoms with Crippen LogP contribution in [0, 0.1) is 0 Å². The third-order valence-electron chi connectivity index (χ3n) is 4.85. The lowest BCUT2D eigenvalue weighted by Crippen LogP contribution is -2.45. The van der Waals surface area contributed by atoms with Crippen molar-refractivity contribution in [2.45, 2.75) is 51.1 Å². The highest BCUT2D eigenvalue weighted by atomic mass is 16.2. The van der Waals surface area contributed by atoms with Crippen LogP contribution in [0.25, 0.3) is 0 Å². The number of fused-ring (bicyclic) bond motifs is 2. The van der Waals surface area contributed by atoms with Gasteiger partial charge in [0.05, 0.1) is 0 Å². The lowest BCUT2D eigenvalue weighted by atomic mass is 9.92. The van der Waals surface area contributed by atoms with Crippen LogP contribution >= 0.6 is 0 Å². The van der Waals surface area contributed by atoms with Gasteiger partial charge in [0, 0.05) is 6.04 Å². The third-order valence-corrected chi connectivity index (χ3v) is 4.85. The van der Waals surface area contributed by atoms with E-state index in [9.17, 15) is 14.4 Å². The molecule has 0 bridgehead atoms. The molecular formula is C18H23N3O3. The number of benzene rings is 1. The molecule has 0 saturated carbocycles. The van der Waals surface area contributed by atoms with E-state index in [0.29, 0.717) is 6.42 Å². The molecule has 1 aromatic carbocycles. The normalized spacial score (nSPS) is 23.3. The summed E-state index contributed by atoms with van der Waals surface area (Å²) in [6.07, 6.45) is 3.12. The minimum absolute atomic E-state index is 0.0319. The third kappa shape index (κ3) is 2.66. The molecular weight excluding hydrogens is 306 g/mol. The van der Waals surface area contributed by atoms with E-state index in [0.717, 1.165) is 35.3 Å². The molecule has 2 N–H and O–H groups in total. The van der Waals surface area contributed by atoms with Crippen LogP contribution < -0.4 is 10.6 Å². The Morgan fingerprint density at radius 3 is 2.88 bits per heavy atom. The molecule has 2 aliphatic rings. The Hall–Kier alpha value is -2.37. The average Bonchev–Trinajstić information content (AvgIpc) is 3.02. The van der Waals surface area contributed by atoms with Gasteiger partial charge in [0.25, 0.3) is 5.91 Å². The molecule has 0 radical (unpaired) electrons. The second-order valence-electron chi connectivity index (χ2n) is 6.64. The second-order valence-corrected chi connectivity index (χ2v) is 6.64. The molecule has 1 fully saturated rings. The summed E-state index contributed by atoms with van der Waals surface area (Å²) in [5, 5.41) is 5.66. The Morgan fingerprint density at radius 1 is 1.38 bits per heavy atom. The number of nitrogens with one attached hydrogen (secondary N) is 2. The minimum atomic E-state index is -0.997. The van der Waals surface area contributed by atoms with Crippen molar-refractivity contribution in [2.24, 2.45) is 0 Å². The topological polar surface area (TPSA) is 78.5 Å². The fraction of sp³-hybridized carbons (Fsp3) is 0.500. The molecule has 1 heterocycles. The van der Waals surface area contributed by atoms with Crippen LogP contribution in [-0.2, 0) is 21.5 Å². The van der Waals surface area contributed by atoms with E-state index < -0.39 is 11.6 Å². The maximum Gasteiger partial charge on any atom is 0.325 e. The molecule has 1 saturated heterocycles. The lowest BCUT2D eigenvalue weighted by molar-refractivity contribution is -0.135. The van der Waals surface area contributed by atoms with Crippen molar-refractivity contribution in [3.8, 4) is 0 Å². The quantitative estimate of drug-likeness (QED) is 0.807. The van der Waals surface area contributed by atoms with Crippen LogP contribution in [0.5, 0.6) is 0 Å². The lowest BCUT2D eigenvalue weighted by Gasteiger charge is -2.22. The summed E-state index contributed by atoms with van der Waals surface area (Å²) in [5.74, 6) is -0.626. The van der Waals surface area contributed by atoms with Crippen LogP contribution in [0.1, 0.15) is 44.2 Å². The number of nitrogens with zero attached hydrogens (tertiary/aromatic N) is 1. The molecule has 1 aliphatic carbocycles. The molecule has 0 unspecified atom stereocenters. The molecule has 4 amide bonds. The Balaban J connectivity index is 1.75. The highest BCUT2D eigenvalue weighted by Crippen LogP contribution is 2.41. The van der Waals surface area contributed by atoms with E-state index in [1.165, 1.54) is 0 Å². The van der Waals surface area contributed by atoms with Gasteiger partial charge >= 0.3 is 6.03 Å². The van der Waals surface area contributed by atoms with Crippen molar-refractivity contribution in [3.63, 3.8) is 0 Å². The van der Waals surface area contributed by atoms with Crippen LogP contribution in [0.4, 0.5) is 4.79 Å². The number of hydrogen-bond acceptors (Lipinski definition) is 3. The number of amides is 4. The largest absolute Gasteiger partial charge is 0.352 e. The summed E-state index contributed by atoms with van der Waals surface area (Å²) in [7, 11) is 0. The van der Waals surface area contributed by atoms with E-state index >= 15 is 0 Å². The Labute approximate surface area is 141 Å². The summed E-state index contributed by atoms with van der Waals surface area (Å²) < 4.78 is 0. The van der Waals surface area contributed by atoms with Crippen LogP contribution in [-0.4, -0.2) is 35.3 Å². The zero-order valence-electron chi connectivity index (χ0n) is 14.1. The smallest absolute Gasteiger partial charge is 0.325 e. The molecule has 1 aliphatic heterocycles. The van der Waals surface area contributed by atoms with E-state index in [2.05, 4.69) is 10.6 Å². The van der Waals surface area contributed by atoms with Crippen molar-refractivity contribution < 1.29 is 14.4 Å².